The molecule has 15 heavy (non-hydrogen) atoms. The van der Waals surface area contributed by atoms with Crippen LogP contribution in [0.15, 0.2) is 11.1 Å². The first-order valence-electron chi connectivity index (χ1n) is 3.63. The summed E-state index contributed by atoms with van der Waals surface area (Å²) < 4.78 is 46.5. The van der Waals surface area contributed by atoms with E-state index in [1.54, 1.807) is 0 Å². The van der Waals surface area contributed by atoms with Crippen molar-refractivity contribution in [2.24, 2.45) is 0 Å². The van der Waals surface area contributed by atoms with Gasteiger partial charge in [-0.25, -0.2) is 22.2 Å². The summed E-state index contributed by atoms with van der Waals surface area (Å²) in [6, 6.07) is 0.954. The summed E-state index contributed by atoms with van der Waals surface area (Å²) in [7, 11) is 0.965. The van der Waals surface area contributed by atoms with Crippen LogP contribution in [-0.2, 0) is 9.05 Å². The molecule has 1 aromatic heterocycles. The fourth-order valence-electron chi connectivity index (χ4n) is 0.996. The predicted molar refractivity (Wildman–Crippen MR) is 52.0 cm³/mol. The maximum absolute atomic E-state index is 12.3. The van der Waals surface area contributed by atoms with Gasteiger partial charge in [0.15, 0.2) is 5.03 Å². The topological polar surface area (TPSA) is 47.0 Å². The molecule has 0 fully saturated rings. The first-order valence-corrected chi connectivity index (χ1v) is 6.32. The maximum atomic E-state index is 12.3. The molecule has 0 aliphatic rings. The molecule has 1 rings (SSSR count). The average Bonchev–Trinajstić information content (AvgIpc) is 2.06. The summed E-state index contributed by atoms with van der Waals surface area (Å²) >= 11 is 5.39. The number of pyridine rings is 1. The molecule has 84 valence electrons. The highest BCUT2D eigenvalue weighted by atomic mass is 35.7. The van der Waals surface area contributed by atoms with Crippen molar-refractivity contribution in [2.75, 3.05) is 0 Å². The van der Waals surface area contributed by atoms with Crippen molar-refractivity contribution in [3.63, 3.8) is 0 Å². The van der Waals surface area contributed by atoms with Gasteiger partial charge in [-0.1, -0.05) is 11.6 Å². The van der Waals surface area contributed by atoms with E-state index >= 15 is 0 Å². The van der Waals surface area contributed by atoms with Gasteiger partial charge in [-0.3, -0.25) is 0 Å². The van der Waals surface area contributed by atoms with Crippen molar-refractivity contribution in [3.05, 3.63) is 22.3 Å². The molecule has 0 aliphatic carbocycles. The van der Waals surface area contributed by atoms with E-state index in [1.807, 2.05) is 0 Å². The second kappa shape index (κ2) is 4.19. The molecule has 0 aromatic carbocycles. The van der Waals surface area contributed by atoms with Crippen molar-refractivity contribution in [2.45, 2.75) is 18.4 Å². The Morgan fingerprint density at radius 2 is 2.00 bits per heavy atom. The molecule has 0 saturated carbocycles. The van der Waals surface area contributed by atoms with E-state index in [1.165, 1.54) is 6.92 Å². The Kier molecular flexibility index (Phi) is 3.52. The molecule has 0 bridgehead atoms. The van der Waals surface area contributed by atoms with E-state index in [2.05, 4.69) is 4.98 Å². The monoisotopic (exact) mass is 275 g/mol. The van der Waals surface area contributed by atoms with Gasteiger partial charge in [-0.15, -0.1) is 0 Å². The highest BCUT2D eigenvalue weighted by Crippen LogP contribution is 2.29. The molecule has 0 radical (unpaired) electrons. The van der Waals surface area contributed by atoms with Crippen LogP contribution in [0.5, 0.6) is 0 Å². The van der Waals surface area contributed by atoms with Crippen molar-refractivity contribution in [1.29, 1.82) is 0 Å². The fourth-order valence-corrected chi connectivity index (χ4v) is 2.38. The van der Waals surface area contributed by atoms with Crippen molar-refractivity contribution in [1.82, 2.24) is 4.98 Å². The Bertz CT molecular complexity index is 490. The van der Waals surface area contributed by atoms with E-state index in [4.69, 9.17) is 22.3 Å². The Balaban J connectivity index is 3.46. The van der Waals surface area contributed by atoms with Crippen LogP contribution in [0, 0.1) is 6.92 Å². The molecule has 0 spiro atoms. The van der Waals surface area contributed by atoms with Gasteiger partial charge in [0.1, 0.15) is 5.15 Å². The second-order valence-corrected chi connectivity index (χ2v) is 5.57. The van der Waals surface area contributed by atoms with Crippen molar-refractivity contribution >= 4 is 31.3 Å². The van der Waals surface area contributed by atoms with E-state index in [0.29, 0.717) is 0 Å². The first-order chi connectivity index (χ1) is 6.73. The molecule has 1 aromatic rings. The van der Waals surface area contributed by atoms with Gasteiger partial charge in [0.25, 0.3) is 15.5 Å². The van der Waals surface area contributed by atoms with Crippen LogP contribution in [0.3, 0.4) is 0 Å². The molecule has 0 unspecified atom stereocenters. The van der Waals surface area contributed by atoms with Gasteiger partial charge in [0.05, 0.1) is 5.56 Å². The summed E-state index contributed by atoms with van der Waals surface area (Å²) in [6.45, 7) is 1.31. The van der Waals surface area contributed by atoms with Crippen LogP contribution in [0.25, 0.3) is 0 Å². The summed E-state index contributed by atoms with van der Waals surface area (Å²) in [4.78, 5) is 3.33. The normalized spacial score (nSPS) is 12.1. The molecule has 8 heteroatoms. The Morgan fingerprint density at radius 3 is 2.40 bits per heavy atom. The van der Waals surface area contributed by atoms with Crippen LogP contribution >= 0.6 is 22.3 Å². The van der Waals surface area contributed by atoms with Crippen LogP contribution in [0.1, 0.15) is 17.6 Å². The maximum Gasteiger partial charge on any atom is 0.278 e. The van der Waals surface area contributed by atoms with E-state index in [-0.39, 0.29) is 5.56 Å². The Hall–Kier alpha value is -0.460. The number of halogens is 4. The SMILES string of the molecule is Cc1cc(C(F)F)c(Cl)nc1S(=O)(=O)Cl. The molecule has 3 nitrogen and oxygen atoms in total. The lowest BCUT2D eigenvalue weighted by Gasteiger charge is -2.06. The predicted octanol–water partition coefficient (Wildman–Crippen LogP) is 2.91. The zero-order valence-corrected chi connectivity index (χ0v) is 9.67. The van der Waals surface area contributed by atoms with Gasteiger partial charge >= 0.3 is 0 Å². The lowest BCUT2D eigenvalue weighted by atomic mass is 10.2. The van der Waals surface area contributed by atoms with E-state index in [0.717, 1.165) is 6.07 Å². The lowest BCUT2D eigenvalue weighted by molar-refractivity contribution is 0.151. The van der Waals surface area contributed by atoms with Gasteiger partial charge in [0.2, 0.25) is 0 Å². The summed E-state index contributed by atoms with van der Waals surface area (Å²) in [6.07, 6.45) is -2.81. The minimum Gasteiger partial charge on any atom is -0.222 e. The number of hydrogen-bond donors (Lipinski definition) is 0. The van der Waals surface area contributed by atoms with Gasteiger partial charge in [0, 0.05) is 10.7 Å². The quantitative estimate of drug-likeness (QED) is 0.616. The van der Waals surface area contributed by atoms with E-state index in [9.17, 15) is 17.2 Å². The van der Waals surface area contributed by atoms with Gasteiger partial charge in [-0.05, 0) is 18.6 Å². The zero-order chi connectivity index (χ0) is 11.8. The number of rotatable bonds is 2. The first kappa shape index (κ1) is 12.6. The lowest BCUT2D eigenvalue weighted by Crippen LogP contribution is -2.02. The molecule has 0 N–H and O–H groups in total. The standard InChI is InChI=1S/C7H5Cl2F2NO2S/c1-3-2-4(6(10)11)5(8)12-7(3)15(9,13)14/h2,6H,1H3. The van der Waals surface area contributed by atoms with Crippen LogP contribution in [0.4, 0.5) is 8.78 Å². The van der Waals surface area contributed by atoms with Crippen LogP contribution in [-0.4, -0.2) is 13.4 Å². The smallest absolute Gasteiger partial charge is 0.222 e. The van der Waals surface area contributed by atoms with Gasteiger partial charge < -0.3 is 0 Å². The third-order valence-electron chi connectivity index (χ3n) is 1.61. The third-order valence-corrected chi connectivity index (χ3v) is 3.23. The molecule has 0 saturated heterocycles. The summed E-state index contributed by atoms with van der Waals surface area (Å²) in [5, 5.41) is -1.06. The number of aryl methyl sites for hydroxylation is 1. The van der Waals surface area contributed by atoms with Crippen LogP contribution < -0.4 is 0 Å². The molecule has 0 aliphatic heterocycles. The van der Waals surface area contributed by atoms with E-state index < -0.39 is 31.2 Å². The average molecular weight is 276 g/mol. The number of nitrogens with zero attached hydrogens (tertiary/aromatic N) is 1. The zero-order valence-electron chi connectivity index (χ0n) is 7.34. The van der Waals surface area contributed by atoms with Gasteiger partial charge in [-0.2, -0.15) is 0 Å². The fraction of sp³-hybridized carbons (Fsp3) is 0.286. The third kappa shape index (κ3) is 2.76. The minimum absolute atomic E-state index is 0.0321. The summed E-state index contributed by atoms with van der Waals surface area (Å²) in [5.74, 6) is 0. The largest absolute Gasteiger partial charge is 0.278 e. The molecule has 1 heterocycles. The molecule has 0 atom stereocenters. The molecular weight excluding hydrogens is 271 g/mol. The Morgan fingerprint density at radius 1 is 1.47 bits per heavy atom. The van der Waals surface area contributed by atoms with Crippen LogP contribution in [0.2, 0.25) is 5.15 Å². The Labute approximate surface area is 94.4 Å². The van der Waals surface area contributed by atoms with Crippen molar-refractivity contribution < 1.29 is 17.2 Å². The number of hydrogen-bond acceptors (Lipinski definition) is 3. The minimum atomic E-state index is -4.07. The van der Waals surface area contributed by atoms with Crippen molar-refractivity contribution in [3.8, 4) is 0 Å². The summed E-state index contributed by atoms with van der Waals surface area (Å²) in [5.41, 5.74) is -0.483. The number of aromatic nitrogens is 1. The molecule has 0 amide bonds. The highest BCUT2D eigenvalue weighted by molar-refractivity contribution is 8.13. The molecular formula is C7H5Cl2F2NO2S. The second-order valence-electron chi connectivity index (χ2n) is 2.73. The number of alkyl halides is 2. The highest BCUT2D eigenvalue weighted by Gasteiger charge is 2.21.